The van der Waals surface area contributed by atoms with E-state index in [-0.39, 0.29) is 4.90 Å². The minimum atomic E-state index is -3.62. The van der Waals surface area contributed by atoms with Crippen LogP contribution >= 0.6 is 11.6 Å². The Morgan fingerprint density at radius 3 is 2.68 bits per heavy atom. The first-order valence-electron chi connectivity index (χ1n) is 10.8. The van der Waals surface area contributed by atoms with E-state index in [1.807, 2.05) is 24.3 Å². The minimum absolute atomic E-state index is 0.254. The zero-order valence-electron chi connectivity index (χ0n) is 18.1. The maximum Gasteiger partial charge on any atom is 0.264 e. The molecule has 7 heteroatoms. The summed E-state index contributed by atoms with van der Waals surface area (Å²) in [5, 5.41) is 0.517. The molecule has 5 nitrogen and oxygen atoms in total. The number of rotatable bonds is 11. The number of sulfonamides is 1. The van der Waals surface area contributed by atoms with Crippen LogP contribution in [0, 0.1) is 0 Å². The first-order chi connectivity index (χ1) is 14.9. The van der Waals surface area contributed by atoms with Gasteiger partial charge in [-0.2, -0.15) is 0 Å². The van der Waals surface area contributed by atoms with Crippen LogP contribution in [0.25, 0.3) is 0 Å². The number of aryl methyl sites for hydroxylation is 1. The van der Waals surface area contributed by atoms with E-state index in [2.05, 4.69) is 18.5 Å². The molecule has 0 saturated carbocycles. The Bertz CT molecular complexity index is 977. The third-order valence-corrected chi connectivity index (χ3v) is 7.50. The number of hydrogen-bond donors (Lipinski definition) is 0. The van der Waals surface area contributed by atoms with Gasteiger partial charge < -0.3 is 9.64 Å². The predicted octanol–water partition coefficient (Wildman–Crippen LogP) is 5.15. The second kappa shape index (κ2) is 11.0. The number of unbranched alkanes of at least 4 members (excludes halogenated alkanes) is 2. The lowest BCUT2D eigenvalue weighted by molar-refractivity contribution is 0.295. The van der Waals surface area contributed by atoms with Gasteiger partial charge >= 0.3 is 0 Å². The second-order valence-corrected chi connectivity index (χ2v) is 10.2. The quantitative estimate of drug-likeness (QED) is 0.342. The molecule has 0 spiro atoms. The summed E-state index contributed by atoms with van der Waals surface area (Å²) in [6.07, 6.45) is 6.78. The number of nitrogens with zero attached hydrogens (tertiary/aromatic N) is 2. The SMILES string of the molecule is C=CCN(C)CCCCCOc1ccc2c(c1)CCCN2S(=O)(=O)c1ccc(Cl)cc1. The number of benzene rings is 2. The highest BCUT2D eigenvalue weighted by Gasteiger charge is 2.29. The first-order valence-corrected chi connectivity index (χ1v) is 12.6. The standard InChI is InChI=1S/C24H31ClN2O3S/c1-3-15-26(2)16-5-4-6-18-30-22-11-14-24-20(19-22)8-7-17-27(24)31(28,29)23-12-9-21(25)10-13-23/h3,9-14,19H,1,4-8,15-18H2,2H3. The van der Waals surface area contributed by atoms with Gasteiger partial charge in [-0.3, -0.25) is 4.31 Å². The Hall–Kier alpha value is -2.02. The van der Waals surface area contributed by atoms with Crippen molar-refractivity contribution in [3.8, 4) is 5.75 Å². The molecule has 0 radical (unpaired) electrons. The Labute approximate surface area is 191 Å². The van der Waals surface area contributed by atoms with Crippen LogP contribution in [0.4, 0.5) is 5.69 Å². The predicted molar refractivity (Wildman–Crippen MR) is 128 cm³/mol. The van der Waals surface area contributed by atoms with E-state index < -0.39 is 10.0 Å². The second-order valence-electron chi connectivity index (χ2n) is 7.89. The highest BCUT2D eigenvalue weighted by Crippen LogP contribution is 2.34. The molecule has 0 atom stereocenters. The van der Waals surface area contributed by atoms with Crippen molar-refractivity contribution in [2.75, 3.05) is 37.6 Å². The fourth-order valence-electron chi connectivity index (χ4n) is 3.77. The molecule has 2 aromatic rings. The largest absolute Gasteiger partial charge is 0.494 e. The summed E-state index contributed by atoms with van der Waals surface area (Å²) in [6, 6.07) is 12.0. The summed E-state index contributed by atoms with van der Waals surface area (Å²) in [4.78, 5) is 2.50. The van der Waals surface area contributed by atoms with Gasteiger partial charge in [-0.05, 0) is 93.7 Å². The maximum atomic E-state index is 13.2. The average molecular weight is 463 g/mol. The zero-order valence-corrected chi connectivity index (χ0v) is 19.7. The number of likely N-dealkylation sites (N-methyl/N-ethyl adjacent to an activating group) is 1. The zero-order chi connectivity index (χ0) is 22.3. The topological polar surface area (TPSA) is 49.9 Å². The van der Waals surface area contributed by atoms with E-state index in [1.54, 1.807) is 24.3 Å². The van der Waals surface area contributed by atoms with Crippen LogP contribution in [0.2, 0.25) is 5.02 Å². The van der Waals surface area contributed by atoms with E-state index in [0.717, 1.165) is 62.2 Å². The molecular weight excluding hydrogens is 432 g/mol. The molecule has 0 N–H and O–H groups in total. The molecule has 0 bridgehead atoms. The van der Waals surface area contributed by atoms with Crippen molar-refractivity contribution in [2.45, 2.75) is 37.0 Å². The highest BCUT2D eigenvalue weighted by atomic mass is 35.5. The van der Waals surface area contributed by atoms with Crippen LogP contribution in [0.3, 0.4) is 0 Å². The van der Waals surface area contributed by atoms with Crippen LogP contribution in [0.5, 0.6) is 5.75 Å². The minimum Gasteiger partial charge on any atom is -0.494 e. The summed E-state index contributed by atoms with van der Waals surface area (Å²) in [5.41, 5.74) is 1.74. The van der Waals surface area contributed by atoms with Gasteiger partial charge in [0.2, 0.25) is 0 Å². The molecule has 1 heterocycles. The molecule has 2 aromatic carbocycles. The third kappa shape index (κ3) is 6.25. The number of anilines is 1. The van der Waals surface area contributed by atoms with E-state index in [1.165, 1.54) is 4.31 Å². The van der Waals surface area contributed by atoms with Crippen LogP contribution in [-0.2, 0) is 16.4 Å². The summed E-state index contributed by atoms with van der Waals surface area (Å²) >= 11 is 5.91. The monoisotopic (exact) mass is 462 g/mol. The van der Waals surface area contributed by atoms with Gasteiger partial charge in [0.15, 0.2) is 0 Å². The van der Waals surface area contributed by atoms with Gasteiger partial charge in [-0.1, -0.05) is 17.7 Å². The smallest absolute Gasteiger partial charge is 0.264 e. The van der Waals surface area contributed by atoms with Crippen molar-refractivity contribution in [3.63, 3.8) is 0 Å². The molecule has 3 rings (SSSR count). The molecule has 0 amide bonds. The molecule has 1 aliphatic heterocycles. The number of fused-ring (bicyclic) bond motifs is 1. The molecule has 0 fully saturated rings. The van der Waals surface area contributed by atoms with E-state index >= 15 is 0 Å². The summed E-state index contributed by atoms with van der Waals surface area (Å²) in [7, 11) is -1.52. The summed E-state index contributed by atoms with van der Waals surface area (Å²) in [6.45, 7) is 6.86. The van der Waals surface area contributed by atoms with Gasteiger partial charge in [0, 0.05) is 18.1 Å². The Morgan fingerprint density at radius 2 is 1.94 bits per heavy atom. The number of ether oxygens (including phenoxy) is 1. The van der Waals surface area contributed by atoms with Gasteiger partial charge in [0.05, 0.1) is 17.2 Å². The van der Waals surface area contributed by atoms with Crippen LogP contribution in [-0.4, -0.2) is 46.6 Å². The fourth-order valence-corrected chi connectivity index (χ4v) is 5.44. The highest BCUT2D eigenvalue weighted by molar-refractivity contribution is 7.92. The van der Waals surface area contributed by atoms with Crippen molar-refractivity contribution in [2.24, 2.45) is 0 Å². The number of hydrogen-bond acceptors (Lipinski definition) is 4. The average Bonchev–Trinajstić information content (AvgIpc) is 2.76. The fraction of sp³-hybridized carbons (Fsp3) is 0.417. The number of halogens is 1. The van der Waals surface area contributed by atoms with Crippen molar-refractivity contribution in [1.29, 1.82) is 0 Å². The van der Waals surface area contributed by atoms with Gasteiger partial charge in [0.1, 0.15) is 5.75 Å². The molecule has 0 unspecified atom stereocenters. The van der Waals surface area contributed by atoms with Crippen molar-refractivity contribution in [3.05, 3.63) is 65.7 Å². The molecule has 0 aliphatic carbocycles. The maximum absolute atomic E-state index is 13.2. The lowest BCUT2D eigenvalue weighted by Crippen LogP contribution is -2.35. The van der Waals surface area contributed by atoms with Crippen molar-refractivity contribution < 1.29 is 13.2 Å². The Kier molecular flexibility index (Phi) is 8.41. The molecule has 0 saturated heterocycles. The lowest BCUT2D eigenvalue weighted by atomic mass is 10.0. The first kappa shape index (κ1) is 23.6. The van der Waals surface area contributed by atoms with Crippen molar-refractivity contribution in [1.82, 2.24) is 4.90 Å². The molecule has 0 aromatic heterocycles. The lowest BCUT2D eigenvalue weighted by Gasteiger charge is -2.30. The van der Waals surface area contributed by atoms with E-state index in [0.29, 0.717) is 18.2 Å². The summed E-state index contributed by atoms with van der Waals surface area (Å²) < 4.78 is 33.7. The Morgan fingerprint density at radius 1 is 1.16 bits per heavy atom. The Balaban J connectivity index is 1.59. The van der Waals surface area contributed by atoms with Crippen molar-refractivity contribution >= 4 is 27.3 Å². The van der Waals surface area contributed by atoms with Crippen LogP contribution in [0.1, 0.15) is 31.2 Å². The molecule has 31 heavy (non-hydrogen) atoms. The van der Waals surface area contributed by atoms with E-state index in [4.69, 9.17) is 16.3 Å². The van der Waals surface area contributed by atoms with E-state index in [9.17, 15) is 8.42 Å². The molecule has 1 aliphatic rings. The normalized spacial score (nSPS) is 13.8. The molecular formula is C24H31ClN2O3S. The van der Waals surface area contributed by atoms with Crippen LogP contribution in [0.15, 0.2) is 60.0 Å². The van der Waals surface area contributed by atoms with Crippen LogP contribution < -0.4 is 9.04 Å². The third-order valence-electron chi connectivity index (χ3n) is 5.42. The van der Waals surface area contributed by atoms with Gasteiger partial charge in [-0.15, -0.1) is 6.58 Å². The molecule has 168 valence electrons. The summed E-state index contributed by atoms with van der Waals surface area (Å²) in [5.74, 6) is 0.799. The van der Waals surface area contributed by atoms with Gasteiger partial charge in [-0.25, -0.2) is 8.42 Å². The van der Waals surface area contributed by atoms with Gasteiger partial charge in [0.25, 0.3) is 10.0 Å².